The molecule has 0 amide bonds. The number of thioether (sulfide) groups is 1. The molecule has 1 aromatic heterocycles. The maximum Gasteiger partial charge on any atom is 0.266 e. The molecule has 0 atom stereocenters. The van der Waals surface area contributed by atoms with Gasteiger partial charge in [0.05, 0.1) is 16.6 Å². The van der Waals surface area contributed by atoms with E-state index in [2.05, 4.69) is 4.98 Å². The van der Waals surface area contributed by atoms with Gasteiger partial charge in [0.25, 0.3) is 5.56 Å². The zero-order chi connectivity index (χ0) is 18.8. The Bertz CT molecular complexity index is 1160. The molecule has 6 heteroatoms. The Balaban J connectivity index is 1.85. The first-order valence-corrected chi connectivity index (χ1v) is 9.26. The summed E-state index contributed by atoms with van der Waals surface area (Å²) in [5, 5.41) is 0.871. The van der Waals surface area contributed by atoms with Gasteiger partial charge in [-0.2, -0.15) is 0 Å². The number of benzene rings is 3. The minimum Gasteiger partial charge on any atom is -0.268 e. The number of hydrogen-bond acceptors (Lipinski definition) is 3. The molecule has 3 aromatic carbocycles. The molecule has 0 fully saturated rings. The first-order valence-electron chi connectivity index (χ1n) is 8.28. The van der Waals surface area contributed by atoms with Crippen LogP contribution in [0.5, 0.6) is 0 Å². The SMILES string of the molecule is O=c1c2ccccc2nc(SCc2c(F)cccc2F)n1-c1ccccc1. The van der Waals surface area contributed by atoms with E-state index in [1.807, 2.05) is 18.2 Å². The average molecular weight is 380 g/mol. The zero-order valence-electron chi connectivity index (χ0n) is 14.1. The molecule has 0 bridgehead atoms. The maximum atomic E-state index is 14.0. The zero-order valence-corrected chi connectivity index (χ0v) is 14.9. The summed E-state index contributed by atoms with van der Waals surface area (Å²) >= 11 is 1.12. The third-order valence-electron chi connectivity index (χ3n) is 4.17. The van der Waals surface area contributed by atoms with Crippen LogP contribution < -0.4 is 5.56 Å². The minimum absolute atomic E-state index is 0.0239. The molecule has 1 heterocycles. The monoisotopic (exact) mass is 380 g/mol. The topological polar surface area (TPSA) is 34.9 Å². The third-order valence-corrected chi connectivity index (χ3v) is 5.13. The first-order chi connectivity index (χ1) is 13.1. The van der Waals surface area contributed by atoms with E-state index in [4.69, 9.17) is 0 Å². The van der Waals surface area contributed by atoms with E-state index in [1.54, 1.807) is 36.4 Å². The summed E-state index contributed by atoms with van der Waals surface area (Å²) < 4.78 is 29.4. The van der Waals surface area contributed by atoms with E-state index in [0.717, 1.165) is 11.8 Å². The Hall–Kier alpha value is -2.99. The van der Waals surface area contributed by atoms with Crippen LogP contribution in [0.15, 0.2) is 82.7 Å². The van der Waals surface area contributed by atoms with Crippen LogP contribution in [0.4, 0.5) is 8.78 Å². The van der Waals surface area contributed by atoms with E-state index < -0.39 is 11.6 Å². The molecule has 0 aliphatic rings. The van der Waals surface area contributed by atoms with Crippen LogP contribution in [-0.4, -0.2) is 9.55 Å². The highest BCUT2D eigenvalue weighted by Crippen LogP contribution is 2.26. The van der Waals surface area contributed by atoms with Gasteiger partial charge in [-0.1, -0.05) is 48.2 Å². The number of para-hydroxylation sites is 2. The van der Waals surface area contributed by atoms with Gasteiger partial charge < -0.3 is 0 Å². The molecule has 0 spiro atoms. The van der Waals surface area contributed by atoms with Crippen LogP contribution in [0.2, 0.25) is 0 Å². The number of halogens is 2. The van der Waals surface area contributed by atoms with Crippen molar-refractivity contribution in [2.75, 3.05) is 0 Å². The Morgan fingerprint density at radius 3 is 2.26 bits per heavy atom. The summed E-state index contributed by atoms with van der Waals surface area (Å²) in [4.78, 5) is 17.6. The molecular weight excluding hydrogens is 366 g/mol. The Morgan fingerprint density at radius 1 is 0.852 bits per heavy atom. The lowest BCUT2D eigenvalue weighted by Gasteiger charge is -2.13. The van der Waals surface area contributed by atoms with Gasteiger partial charge in [0.1, 0.15) is 11.6 Å². The Labute approximate surface area is 158 Å². The molecule has 27 heavy (non-hydrogen) atoms. The summed E-state index contributed by atoms with van der Waals surface area (Å²) in [5.74, 6) is -1.20. The van der Waals surface area contributed by atoms with E-state index >= 15 is 0 Å². The van der Waals surface area contributed by atoms with Crippen LogP contribution in [0.1, 0.15) is 5.56 Å². The van der Waals surface area contributed by atoms with E-state index in [1.165, 1.54) is 22.8 Å². The third kappa shape index (κ3) is 3.36. The molecule has 0 aliphatic carbocycles. The number of aromatic nitrogens is 2. The van der Waals surface area contributed by atoms with Gasteiger partial charge in [-0.15, -0.1) is 0 Å². The van der Waals surface area contributed by atoms with Crippen LogP contribution in [0, 0.1) is 11.6 Å². The smallest absolute Gasteiger partial charge is 0.266 e. The predicted octanol–water partition coefficient (Wildman–Crippen LogP) is 4.96. The van der Waals surface area contributed by atoms with Gasteiger partial charge in [0.15, 0.2) is 5.16 Å². The number of fused-ring (bicyclic) bond motifs is 1. The molecule has 0 aliphatic heterocycles. The molecule has 4 rings (SSSR count). The maximum absolute atomic E-state index is 14.0. The summed E-state index contributed by atoms with van der Waals surface area (Å²) in [5.41, 5.74) is 0.941. The Kier molecular flexibility index (Phi) is 4.73. The predicted molar refractivity (Wildman–Crippen MR) is 103 cm³/mol. The highest BCUT2D eigenvalue weighted by molar-refractivity contribution is 7.98. The van der Waals surface area contributed by atoms with Crippen LogP contribution in [0.3, 0.4) is 0 Å². The fourth-order valence-corrected chi connectivity index (χ4v) is 3.85. The van der Waals surface area contributed by atoms with E-state index in [0.29, 0.717) is 21.7 Å². The number of nitrogens with zero attached hydrogens (tertiary/aromatic N) is 2. The minimum atomic E-state index is -0.614. The molecule has 0 N–H and O–H groups in total. The van der Waals surface area contributed by atoms with Gasteiger partial charge >= 0.3 is 0 Å². The largest absolute Gasteiger partial charge is 0.268 e. The fraction of sp³-hybridized carbons (Fsp3) is 0.0476. The van der Waals surface area contributed by atoms with Crippen molar-refractivity contribution >= 4 is 22.7 Å². The summed E-state index contributed by atoms with van der Waals surface area (Å²) in [6.07, 6.45) is 0. The number of hydrogen-bond donors (Lipinski definition) is 0. The van der Waals surface area contributed by atoms with E-state index in [9.17, 15) is 13.6 Å². The van der Waals surface area contributed by atoms with Crippen molar-refractivity contribution in [1.29, 1.82) is 0 Å². The molecule has 3 nitrogen and oxygen atoms in total. The second-order valence-corrected chi connectivity index (χ2v) is 6.82. The molecule has 0 saturated heterocycles. The van der Waals surface area contributed by atoms with Crippen LogP contribution >= 0.6 is 11.8 Å². The summed E-state index contributed by atoms with van der Waals surface area (Å²) in [7, 11) is 0. The first kappa shape index (κ1) is 17.4. The van der Waals surface area contributed by atoms with Crippen molar-refractivity contribution in [3.8, 4) is 5.69 Å². The Morgan fingerprint density at radius 2 is 1.52 bits per heavy atom. The quantitative estimate of drug-likeness (QED) is 0.371. The van der Waals surface area contributed by atoms with Gasteiger partial charge in [0.2, 0.25) is 0 Å². The molecule has 0 unspecified atom stereocenters. The molecule has 134 valence electrons. The second kappa shape index (κ2) is 7.32. The van der Waals surface area contributed by atoms with Crippen LogP contribution in [-0.2, 0) is 5.75 Å². The highest BCUT2D eigenvalue weighted by Gasteiger charge is 2.15. The van der Waals surface area contributed by atoms with E-state index in [-0.39, 0.29) is 16.9 Å². The molecule has 4 aromatic rings. The second-order valence-electron chi connectivity index (χ2n) is 5.88. The van der Waals surface area contributed by atoms with Crippen molar-refractivity contribution in [3.05, 3.63) is 100 Å². The van der Waals surface area contributed by atoms with Gasteiger partial charge in [0, 0.05) is 11.3 Å². The van der Waals surface area contributed by atoms with Crippen LogP contribution in [0.25, 0.3) is 16.6 Å². The van der Waals surface area contributed by atoms with Crippen molar-refractivity contribution in [3.63, 3.8) is 0 Å². The number of rotatable bonds is 4. The van der Waals surface area contributed by atoms with Crippen molar-refractivity contribution in [2.24, 2.45) is 0 Å². The summed E-state index contributed by atoms with van der Waals surface area (Å²) in [6, 6.07) is 19.9. The highest BCUT2D eigenvalue weighted by atomic mass is 32.2. The normalized spacial score (nSPS) is 11.0. The fourth-order valence-electron chi connectivity index (χ4n) is 2.82. The lowest BCUT2D eigenvalue weighted by atomic mass is 10.2. The van der Waals surface area contributed by atoms with Crippen molar-refractivity contribution < 1.29 is 8.78 Å². The summed E-state index contributed by atoms with van der Waals surface area (Å²) in [6.45, 7) is 0. The molecular formula is C21H14F2N2OS. The van der Waals surface area contributed by atoms with Crippen molar-refractivity contribution in [1.82, 2.24) is 9.55 Å². The average Bonchev–Trinajstić information content (AvgIpc) is 2.68. The molecule has 0 saturated carbocycles. The van der Waals surface area contributed by atoms with Crippen molar-refractivity contribution in [2.45, 2.75) is 10.9 Å². The lowest BCUT2D eigenvalue weighted by Crippen LogP contribution is -2.21. The standard InChI is InChI=1S/C21H14F2N2OS/c22-17-10-6-11-18(23)16(17)13-27-21-24-19-12-5-4-9-15(19)20(26)25(21)14-7-2-1-3-8-14/h1-12H,13H2. The molecule has 0 radical (unpaired) electrons. The lowest BCUT2D eigenvalue weighted by molar-refractivity contribution is 0.566. The van der Waals surface area contributed by atoms with Gasteiger partial charge in [-0.25, -0.2) is 13.8 Å². The van der Waals surface area contributed by atoms with Gasteiger partial charge in [-0.05, 0) is 36.4 Å². The van der Waals surface area contributed by atoms with Gasteiger partial charge in [-0.3, -0.25) is 9.36 Å².